The van der Waals surface area contributed by atoms with Gasteiger partial charge in [-0.3, -0.25) is 4.98 Å². The van der Waals surface area contributed by atoms with Gasteiger partial charge in [-0.25, -0.2) is 0 Å². The van der Waals surface area contributed by atoms with Crippen LogP contribution in [0.4, 0.5) is 0 Å². The van der Waals surface area contributed by atoms with E-state index in [2.05, 4.69) is 249 Å². The quantitative estimate of drug-likeness (QED) is 0.116. The van der Waals surface area contributed by atoms with E-state index in [1.165, 1.54) is 75.3 Å². The van der Waals surface area contributed by atoms with Gasteiger partial charge in [-0.2, -0.15) is 0 Å². The minimum Gasteiger partial charge on any atom is -0.309 e. The van der Waals surface area contributed by atoms with E-state index in [1.54, 1.807) is 0 Å². The Balaban J connectivity index is 1.04. The van der Waals surface area contributed by atoms with Gasteiger partial charge < -0.3 is 13.7 Å². The third kappa shape index (κ3) is 5.25. The maximum atomic E-state index is 4.53. The van der Waals surface area contributed by atoms with Crippen LogP contribution in [-0.4, -0.2) is 26.8 Å². The van der Waals surface area contributed by atoms with E-state index >= 15 is 0 Å². The zero-order valence-electron chi connectivity index (χ0n) is 34.9. The molecule has 0 fully saturated rings. The van der Waals surface area contributed by atoms with Gasteiger partial charge in [0.15, 0.2) is 8.07 Å². The smallest absolute Gasteiger partial charge is 0.179 e. The SMILES string of the molecule is c1ccc([Si](c2ccccc2)(c2ccccc2)c2cccc(-n3c4ccccc4c4cc(-n5c6ccccc6c6c(-n7c8ccccc8c8cnccc87)cccc65)ccc43)c2)cc1. The Bertz CT molecular complexity index is 3750. The largest absolute Gasteiger partial charge is 0.309 e. The fraction of sp³-hybridized carbons (Fsp3) is 0. The van der Waals surface area contributed by atoms with Crippen LogP contribution in [0.3, 0.4) is 0 Å². The highest BCUT2D eigenvalue weighted by molar-refractivity contribution is 7.19. The van der Waals surface area contributed by atoms with Gasteiger partial charge in [0.1, 0.15) is 0 Å². The van der Waals surface area contributed by atoms with Gasteiger partial charge in [0.05, 0.1) is 38.8 Å². The summed E-state index contributed by atoms with van der Waals surface area (Å²) in [5.74, 6) is 0. The van der Waals surface area contributed by atoms with E-state index in [-0.39, 0.29) is 0 Å². The number of pyridine rings is 1. The molecular formula is C59H40N4Si. The van der Waals surface area contributed by atoms with E-state index in [0.29, 0.717) is 0 Å². The van der Waals surface area contributed by atoms with Crippen molar-refractivity contribution in [2.45, 2.75) is 0 Å². The summed E-state index contributed by atoms with van der Waals surface area (Å²) in [7, 11) is -2.75. The summed E-state index contributed by atoms with van der Waals surface area (Å²) in [6.07, 6.45) is 3.89. The topological polar surface area (TPSA) is 27.7 Å². The lowest BCUT2D eigenvalue weighted by Gasteiger charge is -2.34. The summed E-state index contributed by atoms with van der Waals surface area (Å²) >= 11 is 0. The lowest BCUT2D eigenvalue weighted by atomic mass is 10.1. The van der Waals surface area contributed by atoms with Gasteiger partial charge in [0.25, 0.3) is 0 Å². The van der Waals surface area contributed by atoms with Gasteiger partial charge in [0.2, 0.25) is 0 Å². The van der Waals surface area contributed by atoms with E-state index in [9.17, 15) is 0 Å². The number of rotatable bonds is 7. The zero-order chi connectivity index (χ0) is 42.2. The highest BCUT2D eigenvalue weighted by Crippen LogP contribution is 2.41. The molecule has 13 rings (SSSR count). The van der Waals surface area contributed by atoms with Gasteiger partial charge in [-0.05, 0) is 87.5 Å². The van der Waals surface area contributed by atoms with Crippen molar-refractivity contribution in [1.82, 2.24) is 18.7 Å². The zero-order valence-corrected chi connectivity index (χ0v) is 35.9. The number of nitrogens with zero attached hydrogens (tertiary/aromatic N) is 4. The molecule has 13 aromatic rings. The van der Waals surface area contributed by atoms with Crippen LogP contribution in [0.15, 0.2) is 243 Å². The lowest BCUT2D eigenvalue weighted by molar-refractivity contribution is 1.16. The minimum atomic E-state index is -2.75. The molecule has 0 aliphatic carbocycles. The molecule has 0 unspecified atom stereocenters. The van der Waals surface area contributed by atoms with Crippen molar-refractivity contribution in [2.24, 2.45) is 0 Å². The van der Waals surface area contributed by atoms with Gasteiger partial charge in [-0.1, -0.05) is 164 Å². The molecule has 0 saturated carbocycles. The normalized spacial score (nSPS) is 12.1. The average Bonchev–Trinajstić information content (AvgIpc) is 4.01. The van der Waals surface area contributed by atoms with E-state index in [0.717, 1.165) is 28.0 Å². The Morgan fingerprint density at radius 1 is 0.297 bits per heavy atom. The van der Waals surface area contributed by atoms with Crippen LogP contribution < -0.4 is 20.7 Å². The molecule has 0 saturated heterocycles. The first-order chi connectivity index (χ1) is 31.8. The first-order valence-corrected chi connectivity index (χ1v) is 24.0. The molecule has 5 heteroatoms. The van der Waals surface area contributed by atoms with Gasteiger partial charge in [-0.15, -0.1) is 0 Å². The predicted octanol–water partition coefficient (Wildman–Crippen LogP) is 11.8. The van der Waals surface area contributed by atoms with Crippen LogP contribution in [0.1, 0.15) is 0 Å². The lowest BCUT2D eigenvalue weighted by Crippen LogP contribution is -2.74. The van der Waals surface area contributed by atoms with Crippen LogP contribution in [0.25, 0.3) is 82.5 Å². The number of aromatic nitrogens is 4. The molecule has 0 bridgehead atoms. The molecule has 0 aliphatic heterocycles. The predicted molar refractivity (Wildman–Crippen MR) is 271 cm³/mol. The Kier molecular flexibility index (Phi) is 8.20. The van der Waals surface area contributed by atoms with Crippen molar-refractivity contribution in [2.75, 3.05) is 0 Å². The molecule has 0 N–H and O–H groups in total. The second kappa shape index (κ2) is 14.4. The summed E-state index contributed by atoms with van der Waals surface area (Å²) in [5, 5.41) is 12.7. The van der Waals surface area contributed by atoms with Crippen LogP contribution in [0.5, 0.6) is 0 Å². The standard InChI is InChI=1S/C59H40N4Si/c1-4-19-43(20-5-1)64(44-21-6-2-7-22-44,45-23-8-3-9-24-45)46-25-16-18-41(38-46)61-52-29-13-10-26-47(52)50-39-42(34-35-55(50)61)62-54-31-15-12-28-49(54)59-57(62)32-17-33-58(59)63-53-30-14-11-27-48(53)51-40-60-37-36-56(51)63/h1-40H. The minimum absolute atomic E-state index is 1.13. The second-order valence-electron chi connectivity index (χ2n) is 16.7. The monoisotopic (exact) mass is 832 g/mol. The Morgan fingerprint density at radius 2 is 0.766 bits per heavy atom. The first kappa shape index (κ1) is 36.4. The van der Waals surface area contributed by atoms with Crippen molar-refractivity contribution in [3.05, 3.63) is 243 Å². The number of hydrogen-bond donors (Lipinski definition) is 0. The maximum absolute atomic E-state index is 4.53. The van der Waals surface area contributed by atoms with E-state index in [1.807, 2.05) is 12.4 Å². The van der Waals surface area contributed by atoms with Crippen LogP contribution >= 0.6 is 0 Å². The molecule has 0 amide bonds. The fourth-order valence-electron chi connectivity index (χ4n) is 10.9. The third-order valence-corrected chi connectivity index (χ3v) is 18.2. The molecule has 4 heterocycles. The Hall–Kier alpha value is -8.25. The van der Waals surface area contributed by atoms with Crippen molar-refractivity contribution in [3.63, 3.8) is 0 Å². The number of para-hydroxylation sites is 3. The fourth-order valence-corrected chi connectivity index (χ4v) is 15.6. The molecule has 0 spiro atoms. The number of fused-ring (bicyclic) bond motifs is 9. The van der Waals surface area contributed by atoms with Crippen molar-refractivity contribution >= 4 is 94.2 Å². The molecule has 4 aromatic heterocycles. The van der Waals surface area contributed by atoms with Crippen LogP contribution in [0, 0.1) is 0 Å². The Labute approximate surface area is 371 Å². The van der Waals surface area contributed by atoms with E-state index in [4.69, 9.17) is 0 Å². The van der Waals surface area contributed by atoms with Gasteiger partial charge in [0, 0.05) is 56.1 Å². The van der Waals surface area contributed by atoms with Crippen molar-refractivity contribution in [1.29, 1.82) is 0 Å². The number of hydrogen-bond acceptors (Lipinski definition) is 1. The van der Waals surface area contributed by atoms with Crippen LogP contribution in [-0.2, 0) is 0 Å². The third-order valence-electron chi connectivity index (χ3n) is 13.5. The second-order valence-corrected chi connectivity index (χ2v) is 20.5. The molecule has 0 atom stereocenters. The number of benzene rings is 9. The summed E-state index contributed by atoms with van der Waals surface area (Å²) in [4.78, 5) is 4.53. The van der Waals surface area contributed by atoms with Crippen molar-refractivity contribution < 1.29 is 0 Å². The Morgan fingerprint density at radius 3 is 1.44 bits per heavy atom. The molecule has 0 radical (unpaired) electrons. The summed E-state index contributed by atoms with van der Waals surface area (Å²) in [5.41, 5.74) is 10.5. The average molecular weight is 833 g/mol. The molecule has 9 aromatic carbocycles. The molecule has 300 valence electrons. The first-order valence-electron chi connectivity index (χ1n) is 22.0. The van der Waals surface area contributed by atoms with Gasteiger partial charge >= 0.3 is 0 Å². The maximum Gasteiger partial charge on any atom is 0.179 e. The highest BCUT2D eigenvalue weighted by atomic mass is 28.3. The summed E-state index contributed by atoms with van der Waals surface area (Å²) < 4.78 is 7.34. The highest BCUT2D eigenvalue weighted by Gasteiger charge is 2.41. The molecule has 4 nitrogen and oxygen atoms in total. The summed E-state index contributed by atoms with van der Waals surface area (Å²) in [6.45, 7) is 0. The van der Waals surface area contributed by atoms with Crippen molar-refractivity contribution in [3.8, 4) is 17.1 Å². The van der Waals surface area contributed by atoms with Crippen LogP contribution in [0.2, 0.25) is 0 Å². The molecular weight excluding hydrogens is 793 g/mol. The van der Waals surface area contributed by atoms with E-state index < -0.39 is 8.07 Å². The summed E-state index contributed by atoms with van der Waals surface area (Å²) in [6, 6.07) is 85.2. The molecule has 0 aliphatic rings. The molecule has 64 heavy (non-hydrogen) atoms.